The molecule has 0 saturated carbocycles. The van der Waals surface area contributed by atoms with Crippen molar-refractivity contribution in [2.45, 2.75) is 6.54 Å². The summed E-state index contributed by atoms with van der Waals surface area (Å²) in [6, 6.07) is 7.70. The molecule has 0 aliphatic rings. The predicted molar refractivity (Wildman–Crippen MR) is 48.3 cm³/mol. The van der Waals surface area contributed by atoms with Gasteiger partial charge in [0, 0.05) is 0 Å². The Morgan fingerprint density at radius 2 is 2.08 bits per heavy atom. The van der Waals surface area contributed by atoms with Crippen LogP contribution in [0, 0.1) is 0 Å². The average molecular weight is 163 g/mol. The van der Waals surface area contributed by atoms with E-state index in [4.69, 9.17) is 11.5 Å². The van der Waals surface area contributed by atoms with E-state index in [0.29, 0.717) is 6.54 Å². The van der Waals surface area contributed by atoms with Crippen LogP contribution < -0.4 is 10.2 Å². The number of hydrogen-bond acceptors (Lipinski definition) is 3. The number of methoxy groups -OCH3 is 1. The van der Waals surface area contributed by atoms with Gasteiger partial charge in [0.25, 0.3) is 0 Å². The van der Waals surface area contributed by atoms with Crippen LogP contribution in [0.1, 0.15) is 5.56 Å². The Morgan fingerprint density at radius 3 is 2.58 bits per heavy atom. The summed E-state index contributed by atoms with van der Waals surface area (Å²) in [5, 5.41) is 3.29. The SMILES string of the molecule is [CH]=NNCc1ccc(OC)cc1. The maximum absolute atomic E-state index is 5.01. The van der Waals surface area contributed by atoms with Crippen molar-refractivity contribution < 1.29 is 4.74 Å². The van der Waals surface area contributed by atoms with Crippen LogP contribution in [0.15, 0.2) is 29.4 Å². The number of ether oxygens (including phenoxy) is 1. The van der Waals surface area contributed by atoms with Crippen LogP contribution in [-0.4, -0.2) is 13.8 Å². The molecule has 0 fully saturated rings. The van der Waals surface area contributed by atoms with E-state index in [0.717, 1.165) is 11.3 Å². The lowest BCUT2D eigenvalue weighted by atomic mass is 10.2. The standard InChI is InChI=1S/C9H11N2O/c1-10-11-7-8-3-5-9(12-2)6-4-8/h1,3-6,11H,7H2,2H3. The van der Waals surface area contributed by atoms with Crippen LogP contribution in [0.5, 0.6) is 5.75 Å². The van der Waals surface area contributed by atoms with Crippen molar-refractivity contribution >= 4 is 6.72 Å². The molecule has 0 aliphatic carbocycles. The molecule has 0 atom stereocenters. The van der Waals surface area contributed by atoms with E-state index < -0.39 is 0 Å². The smallest absolute Gasteiger partial charge is 0.118 e. The van der Waals surface area contributed by atoms with Gasteiger partial charge in [0.2, 0.25) is 0 Å². The first-order valence-corrected chi connectivity index (χ1v) is 3.62. The summed E-state index contributed by atoms with van der Waals surface area (Å²) in [6.45, 7) is 5.56. The minimum absolute atomic E-state index is 0.639. The minimum atomic E-state index is 0.639. The molecule has 3 nitrogen and oxygen atoms in total. The van der Waals surface area contributed by atoms with Crippen molar-refractivity contribution in [2.75, 3.05) is 7.11 Å². The maximum Gasteiger partial charge on any atom is 0.118 e. The third-order valence-electron chi connectivity index (χ3n) is 1.53. The molecule has 0 spiro atoms. The van der Waals surface area contributed by atoms with E-state index in [1.807, 2.05) is 24.3 Å². The van der Waals surface area contributed by atoms with Gasteiger partial charge in [-0.15, -0.1) is 0 Å². The fourth-order valence-electron chi connectivity index (χ4n) is 0.880. The molecule has 0 aliphatic heterocycles. The van der Waals surface area contributed by atoms with E-state index in [9.17, 15) is 0 Å². The van der Waals surface area contributed by atoms with Crippen molar-refractivity contribution in [1.82, 2.24) is 5.43 Å². The molecule has 12 heavy (non-hydrogen) atoms. The molecule has 1 N–H and O–H groups in total. The van der Waals surface area contributed by atoms with Gasteiger partial charge >= 0.3 is 0 Å². The van der Waals surface area contributed by atoms with Gasteiger partial charge < -0.3 is 10.2 Å². The highest BCUT2D eigenvalue weighted by Gasteiger charge is 1.91. The van der Waals surface area contributed by atoms with Crippen LogP contribution in [-0.2, 0) is 6.54 Å². The summed E-state index contributed by atoms with van der Waals surface area (Å²) in [5.41, 5.74) is 3.78. The average Bonchev–Trinajstić information content (AvgIpc) is 2.15. The normalized spacial score (nSPS) is 9.08. The minimum Gasteiger partial charge on any atom is -0.497 e. The summed E-state index contributed by atoms with van der Waals surface area (Å²) in [4.78, 5) is 0. The molecular formula is C9H11N2O. The lowest BCUT2D eigenvalue weighted by molar-refractivity contribution is 0.414. The molecule has 63 valence electrons. The highest BCUT2D eigenvalue weighted by molar-refractivity contribution is 5.27. The van der Waals surface area contributed by atoms with E-state index in [1.54, 1.807) is 7.11 Å². The molecule has 1 radical (unpaired) electrons. The molecular weight excluding hydrogens is 152 g/mol. The molecule has 0 amide bonds. The summed E-state index contributed by atoms with van der Waals surface area (Å²) < 4.78 is 5.01. The zero-order valence-corrected chi connectivity index (χ0v) is 6.95. The fraction of sp³-hybridized carbons (Fsp3) is 0.222. The van der Waals surface area contributed by atoms with Crippen molar-refractivity contribution in [2.24, 2.45) is 5.10 Å². The first-order chi connectivity index (χ1) is 5.86. The third-order valence-corrected chi connectivity index (χ3v) is 1.53. The van der Waals surface area contributed by atoms with E-state index in [1.165, 1.54) is 0 Å². The maximum atomic E-state index is 5.01. The molecule has 3 heteroatoms. The summed E-state index contributed by atoms with van der Waals surface area (Å²) in [6.07, 6.45) is 0. The molecule has 0 aromatic heterocycles. The number of rotatable bonds is 4. The van der Waals surface area contributed by atoms with Gasteiger partial charge in [-0.05, 0) is 17.7 Å². The van der Waals surface area contributed by atoms with Gasteiger partial charge in [0.15, 0.2) is 0 Å². The quantitative estimate of drug-likeness (QED) is 0.535. The lowest BCUT2D eigenvalue weighted by Crippen LogP contribution is -2.03. The Morgan fingerprint density at radius 1 is 1.42 bits per heavy atom. The van der Waals surface area contributed by atoms with Crippen LogP contribution in [0.4, 0.5) is 0 Å². The molecule has 1 aromatic rings. The fourth-order valence-corrected chi connectivity index (χ4v) is 0.880. The Labute approximate surface area is 72.1 Å². The summed E-state index contributed by atoms with van der Waals surface area (Å²) in [7, 11) is 1.64. The van der Waals surface area contributed by atoms with Crippen molar-refractivity contribution in [1.29, 1.82) is 0 Å². The van der Waals surface area contributed by atoms with Gasteiger partial charge in [-0.2, -0.15) is 5.10 Å². The molecule has 0 unspecified atom stereocenters. The second kappa shape index (κ2) is 4.38. The number of benzene rings is 1. The van der Waals surface area contributed by atoms with Gasteiger partial charge in [-0.3, -0.25) is 0 Å². The molecule has 0 heterocycles. The Bertz CT molecular complexity index is 243. The summed E-state index contributed by atoms with van der Waals surface area (Å²) >= 11 is 0. The largest absolute Gasteiger partial charge is 0.497 e. The molecule has 0 bridgehead atoms. The molecule has 1 rings (SSSR count). The number of nitrogens with one attached hydrogen (secondary N) is 1. The predicted octanol–water partition coefficient (Wildman–Crippen LogP) is 1.28. The first-order valence-electron chi connectivity index (χ1n) is 3.62. The molecule has 0 saturated heterocycles. The monoisotopic (exact) mass is 163 g/mol. The Hall–Kier alpha value is -1.51. The van der Waals surface area contributed by atoms with E-state index >= 15 is 0 Å². The van der Waals surface area contributed by atoms with Crippen LogP contribution in [0.3, 0.4) is 0 Å². The topological polar surface area (TPSA) is 33.6 Å². The second-order valence-corrected chi connectivity index (χ2v) is 2.31. The second-order valence-electron chi connectivity index (χ2n) is 2.31. The lowest BCUT2D eigenvalue weighted by Gasteiger charge is -2.02. The van der Waals surface area contributed by atoms with Gasteiger partial charge in [0.05, 0.1) is 20.4 Å². The van der Waals surface area contributed by atoms with Crippen LogP contribution in [0.25, 0.3) is 0 Å². The Kier molecular flexibility index (Phi) is 3.14. The molecule has 1 aromatic carbocycles. The zero-order chi connectivity index (χ0) is 8.81. The zero-order valence-electron chi connectivity index (χ0n) is 6.95. The highest BCUT2D eigenvalue weighted by atomic mass is 16.5. The number of nitrogens with zero attached hydrogens (tertiary/aromatic N) is 1. The van der Waals surface area contributed by atoms with E-state index in [2.05, 4.69) is 10.5 Å². The van der Waals surface area contributed by atoms with Crippen LogP contribution >= 0.6 is 0 Å². The number of hydrazone groups is 1. The number of hydrogen-bond donors (Lipinski definition) is 1. The van der Waals surface area contributed by atoms with Crippen molar-refractivity contribution in [3.8, 4) is 5.75 Å². The van der Waals surface area contributed by atoms with Crippen molar-refractivity contribution in [3.63, 3.8) is 0 Å². The van der Waals surface area contributed by atoms with Crippen LogP contribution in [0.2, 0.25) is 0 Å². The summed E-state index contributed by atoms with van der Waals surface area (Å²) in [5.74, 6) is 0.850. The van der Waals surface area contributed by atoms with Gasteiger partial charge in [-0.25, -0.2) is 0 Å². The van der Waals surface area contributed by atoms with Crippen molar-refractivity contribution in [3.05, 3.63) is 29.8 Å². The van der Waals surface area contributed by atoms with E-state index in [-0.39, 0.29) is 0 Å². The third kappa shape index (κ3) is 2.27. The van der Waals surface area contributed by atoms with Gasteiger partial charge in [0.1, 0.15) is 5.75 Å². The Balaban J connectivity index is 2.58. The highest BCUT2D eigenvalue weighted by Crippen LogP contribution is 2.10. The van der Waals surface area contributed by atoms with Gasteiger partial charge in [-0.1, -0.05) is 12.1 Å². The first kappa shape index (κ1) is 8.59.